The first-order valence-electron chi connectivity index (χ1n) is 18.1. The van der Waals surface area contributed by atoms with Crippen LogP contribution in [0.2, 0.25) is 0 Å². The molecule has 0 aliphatic carbocycles. The fourth-order valence-electron chi connectivity index (χ4n) is 3.84. The molecule has 33 heteroatoms. The van der Waals surface area contributed by atoms with E-state index >= 15 is 0 Å². The number of hydrogen-bond donors (Lipinski definition) is 0. The monoisotopic (exact) mass is 1580 g/mol. The largest absolute Gasteiger partial charge is 0.741 e. The summed E-state index contributed by atoms with van der Waals surface area (Å²) in [5, 5.41) is 0. The van der Waals surface area contributed by atoms with Crippen molar-refractivity contribution < 1.29 is 194 Å². The van der Waals surface area contributed by atoms with Crippen LogP contribution in [0.25, 0.3) is 0 Å². The first-order chi connectivity index (χ1) is 33.2. The van der Waals surface area contributed by atoms with E-state index in [1.54, 1.807) is 0 Å². The van der Waals surface area contributed by atoms with E-state index in [4.69, 9.17) is 56.6 Å². The van der Waals surface area contributed by atoms with Gasteiger partial charge in [-0.2, -0.15) is 52.7 Å². The number of halogens is 16. The molecule has 0 radical (unpaired) electrons. The highest BCUT2D eigenvalue weighted by molar-refractivity contribution is 7.87. The van der Waals surface area contributed by atoms with E-state index in [-0.39, 0.29) is 84.8 Å². The number of hydrogen-bond acceptors (Lipinski definition) is 13. The molecule has 0 aromatic heterocycles. The van der Waals surface area contributed by atoms with Crippen molar-refractivity contribution >= 4 is 40.5 Å². The van der Waals surface area contributed by atoms with Crippen LogP contribution in [0.4, 0.5) is 52.7 Å². The number of rotatable bonds is 10. The lowest BCUT2D eigenvalue weighted by Gasteiger charge is -2.08. The van der Waals surface area contributed by atoms with E-state index in [1.165, 1.54) is 28.6 Å². The third-order valence-corrected chi connectivity index (χ3v) is 19.9. The van der Waals surface area contributed by atoms with Gasteiger partial charge in [0.1, 0.15) is 11.5 Å². The zero-order valence-corrected chi connectivity index (χ0v) is 46.9. The van der Waals surface area contributed by atoms with E-state index in [0.717, 1.165) is 11.5 Å². The zero-order chi connectivity index (χ0) is 55.7. The van der Waals surface area contributed by atoms with Gasteiger partial charge in [0, 0.05) is 0 Å². The van der Waals surface area contributed by atoms with Gasteiger partial charge in [0.25, 0.3) is 0 Å². The SMILES string of the molecule is O=S(=O)([O-])C(F)(F)F.O=S(=O)([O-])C(F)(F)F.O=S(=O)([O-])C(F)(F)F.O=S(=O)([O-])C(F)(F)F.c1ccc([I+]c2ccc([I+]c3ccc(Oc4ccc([I+]c5ccc([I+]c6ccccc6)cc5)cc4)cc3)cc2)cc1. The average Bonchev–Trinajstić information content (AvgIpc) is 3.25. The minimum Gasteiger partial charge on any atom is -0.741 e. The Balaban J connectivity index is 0.000000461. The van der Waals surface area contributed by atoms with Gasteiger partial charge in [0.15, 0.2) is 69.0 Å². The predicted molar refractivity (Wildman–Crippen MR) is 211 cm³/mol. The van der Waals surface area contributed by atoms with E-state index in [0.29, 0.717) is 0 Å². The summed E-state index contributed by atoms with van der Waals surface area (Å²) in [6.45, 7) is 0. The second-order valence-corrected chi connectivity index (χ2v) is 30.1. The Morgan fingerprint density at radius 2 is 0.411 bits per heavy atom. The zero-order valence-electron chi connectivity index (χ0n) is 35.0. The summed E-state index contributed by atoms with van der Waals surface area (Å²) >= 11 is -0.604. The highest BCUT2D eigenvalue weighted by Crippen LogP contribution is 2.23. The lowest BCUT2D eigenvalue weighted by atomic mass is 10.3. The van der Waals surface area contributed by atoms with E-state index in [1.807, 2.05) is 0 Å². The Labute approximate surface area is 449 Å². The molecule has 0 N–H and O–H groups in total. The van der Waals surface area contributed by atoms with E-state index in [9.17, 15) is 52.7 Å². The Morgan fingerprint density at radius 1 is 0.274 bits per heavy atom. The van der Waals surface area contributed by atoms with Crippen LogP contribution in [-0.4, -0.2) is 73.9 Å². The first-order valence-corrected chi connectivity index (χ1v) is 32.4. The normalized spacial score (nSPS) is 12.2. The Hall–Kier alpha value is -3.16. The molecule has 13 nitrogen and oxygen atoms in total. The molecule has 0 aliphatic rings. The van der Waals surface area contributed by atoms with Crippen LogP contribution in [0.3, 0.4) is 0 Å². The van der Waals surface area contributed by atoms with Crippen LogP contribution in [0.1, 0.15) is 0 Å². The minimum absolute atomic E-state index is 0.101. The van der Waals surface area contributed by atoms with Crippen molar-refractivity contribution in [2.24, 2.45) is 0 Å². The molecule has 6 rings (SSSR count). The molecule has 0 bridgehead atoms. The second-order valence-electron chi connectivity index (χ2n) is 12.5. The van der Waals surface area contributed by atoms with Crippen LogP contribution in [0.15, 0.2) is 158 Å². The van der Waals surface area contributed by atoms with Crippen LogP contribution in [-0.2, 0) is 40.5 Å². The van der Waals surface area contributed by atoms with Gasteiger partial charge in [-0.15, -0.1) is 0 Å². The standard InChI is InChI=1S/C36H26I4O.4CHF3O3S/c1-3-7-27(8-4-1)37-29-11-15-31(16-12-29)39-33-19-23-35(24-20-33)41-36-25-21-34(22-26-36)40-32-17-13-30(14-18-32)38-28-9-5-2-6-10-28;4*2-1(3,4)8(5,6)7/h1-26H;4*(H,5,6,7)/q+4;;;;/p-4. The summed E-state index contributed by atoms with van der Waals surface area (Å²) in [6.07, 6.45) is 0. The van der Waals surface area contributed by atoms with Gasteiger partial charge in [-0.25, -0.2) is 33.7 Å². The fraction of sp³-hybridized carbons (Fsp3) is 0.100. The van der Waals surface area contributed by atoms with Gasteiger partial charge >= 0.3 is 107 Å². The smallest absolute Gasteiger partial charge is 0.485 e. The Morgan fingerprint density at radius 3 is 0.562 bits per heavy atom. The molecule has 0 spiro atoms. The number of benzene rings is 6. The van der Waals surface area contributed by atoms with Crippen LogP contribution in [0.5, 0.6) is 11.5 Å². The van der Waals surface area contributed by atoms with Gasteiger partial charge in [0.2, 0.25) is 0 Å². The van der Waals surface area contributed by atoms with E-state index < -0.39 is 62.5 Å². The molecular formula is C40H26F12I4O13S4. The Bertz CT molecular complexity index is 2810. The molecular weight excluding hydrogens is 1550 g/mol. The van der Waals surface area contributed by atoms with Gasteiger partial charge < -0.3 is 22.9 Å². The maximum atomic E-state index is 10.7. The molecule has 0 aliphatic heterocycles. The molecule has 0 saturated heterocycles. The third-order valence-electron chi connectivity index (χ3n) is 6.94. The van der Waals surface area contributed by atoms with Crippen molar-refractivity contribution in [2.45, 2.75) is 22.0 Å². The van der Waals surface area contributed by atoms with Crippen molar-refractivity contribution in [2.75, 3.05) is 0 Å². The fourth-order valence-corrected chi connectivity index (χ4v) is 12.6. The Kier molecular flexibility index (Phi) is 25.6. The minimum atomic E-state index is -6.09. The summed E-state index contributed by atoms with van der Waals surface area (Å²) in [6, 6.07) is 57.5. The highest BCUT2D eigenvalue weighted by Gasteiger charge is 2.39. The molecule has 0 atom stereocenters. The maximum absolute atomic E-state index is 10.7. The highest BCUT2D eigenvalue weighted by atomic mass is 127. The molecule has 6 aromatic carbocycles. The van der Waals surface area contributed by atoms with Crippen molar-refractivity contribution in [3.8, 4) is 11.5 Å². The van der Waals surface area contributed by atoms with Gasteiger partial charge in [0.05, 0.1) is 0 Å². The van der Waals surface area contributed by atoms with Crippen LogP contribution in [0, 0.1) is 28.6 Å². The van der Waals surface area contributed by atoms with Crippen LogP contribution < -0.4 is 89.6 Å². The molecule has 400 valence electrons. The van der Waals surface area contributed by atoms with Gasteiger partial charge in [-0.3, -0.25) is 0 Å². The number of alkyl halides is 12. The molecule has 73 heavy (non-hydrogen) atoms. The summed E-state index contributed by atoms with van der Waals surface area (Å²) in [5.74, 6) is 1.78. The predicted octanol–water partition coefficient (Wildman–Crippen LogP) is -3.80. The molecule has 6 aromatic rings. The summed E-state index contributed by atoms with van der Waals surface area (Å²) < 4.78 is 253. The summed E-state index contributed by atoms with van der Waals surface area (Å²) in [4.78, 5) is 0. The summed E-state index contributed by atoms with van der Waals surface area (Å²) in [5.41, 5.74) is -22.6. The maximum Gasteiger partial charge on any atom is 0.485 e. The van der Waals surface area contributed by atoms with Crippen molar-refractivity contribution in [3.63, 3.8) is 0 Å². The quantitative estimate of drug-likeness (QED) is 0.0555. The molecule has 0 amide bonds. The van der Waals surface area contributed by atoms with Gasteiger partial charge in [-0.05, 0) is 121 Å². The molecule has 0 fully saturated rings. The van der Waals surface area contributed by atoms with Crippen molar-refractivity contribution in [1.82, 2.24) is 0 Å². The lowest BCUT2D eigenvalue weighted by molar-refractivity contribution is -0.603. The molecule has 0 unspecified atom stereocenters. The molecule has 0 heterocycles. The van der Waals surface area contributed by atoms with Crippen molar-refractivity contribution in [3.05, 3.63) is 186 Å². The van der Waals surface area contributed by atoms with E-state index in [2.05, 4.69) is 158 Å². The number of ether oxygens (including phenoxy) is 1. The first kappa shape index (κ1) is 66.0. The summed E-state index contributed by atoms with van der Waals surface area (Å²) in [7, 11) is -24.4. The topological polar surface area (TPSA) is 238 Å². The molecule has 0 saturated carbocycles. The van der Waals surface area contributed by atoms with Crippen molar-refractivity contribution in [1.29, 1.82) is 0 Å². The van der Waals surface area contributed by atoms with Crippen LogP contribution >= 0.6 is 0 Å². The third kappa shape index (κ3) is 26.0. The lowest BCUT2D eigenvalue weighted by Crippen LogP contribution is -3.62. The van der Waals surface area contributed by atoms with Gasteiger partial charge in [-0.1, -0.05) is 36.4 Å². The second kappa shape index (κ2) is 28.3. The average molecular weight is 1580 g/mol.